The number of fused-ring (bicyclic) bond motifs is 1. The first-order chi connectivity index (χ1) is 10.3. The van der Waals surface area contributed by atoms with Crippen LogP contribution in [0.1, 0.15) is 40.2 Å². The normalized spacial score (nSPS) is 14.1. The Morgan fingerprint density at radius 3 is 3.00 bits per heavy atom. The van der Waals surface area contributed by atoms with Crippen LogP contribution in [-0.2, 0) is 12.8 Å². The molecule has 1 amide bonds. The highest BCUT2D eigenvalue weighted by Crippen LogP contribution is 2.21. The number of carbonyl (C=O) groups is 1. The molecule has 2 N–H and O–H groups in total. The Labute approximate surface area is 121 Å². The Kier molecular flexibility index (Phi) is 3.77. The maximum atomic E-state index is 13.4. The maximum Gasteiger partial charge on any atom is 0.292 e. The van der Waals surface area contributed by atoms with E-state index in [2.05, 4.69) is 20.7 Å². The second kappa shape index (κ2) is 5.87. The van der Waals surface area contributed by atoms with Gasteiger partial charge < -0.3 is 0 Å². The van der Waals surface area contributed by atoms with Crippen LogP contribution < -0.4 is 5.43 Å². The molecule has 5 nitrogen and oxygen atoms in total. The van der Waals surface area contributed by atoms with E-state index in [0.717, 1.165) is 36.9 Å². The van der Waals surface area contributed by atoms with E-state index in [1.54, 1.807) is 18.2 Å². The Balaban J connectivity index is 1.70. The molecule has 21 heavy (non-hydrogen) atoms. The zero-order chi connectivity index (χ0) is 14.7. The van der Waals surface area contributed by atoms with Crippen LogP contribution in [0.2, 0.25) is 0 Å². The monoisotopic (exact) mass is 286 g/mol. The molecule has 6 heteroatoms. The fourth-order valence-corrected chi connectivity index (χ4v) is 2.46. The average molecular weight is 286 g/mol. The molecule has 0 saturated carbocycles. The van der Waals surface area contributed by atoms with Gasteiger partial charge in [0.05, 0.1) is 6.21 Å². The van der Waals surface area contributed by atoms with E-state index in [1.807, 2.05) is 0 Å². The van der Waals surface area contributed by atoms with E-state index in [9.17, 15) is 9.18 Å². The number of halogens is 1. The fraction of sp³-hybridized carbons (Fsp3) is 0.267. The molecular formula is C15H15FN4O. The third-order valence-corrected chi connectivity index (χ3v) is 3.55. The Bertz CT molecular complexity index is 693. The van der Waals surface area contributed by atoms with Crippen LogP contribution in [0.4, 0.5) is 4.39 Å². The summed E-state index contributed by atoms with van der Waals surface area (Å²) in [5.41, 5.74) is 5.10. The van der Waals surface area contributed by atoms with E-state index in [4.69, 9.17) is 0 Å². The van der Waals surface area contributed by atoms with Gasteiger partial charge in [-0.2, -0.15) is 10.2 Å². The van der Waals surface area contributed by atoms with Crippen LogP contribution in [0.25, 0.3) is 0 Å². The molecule has 1 aliphatic carbocycles. The number of aromatic amines is 1. The number of hydrogen-bond acceptors (Lipinski definition) is 3. The van der Waals surface area contributed by atoms with E-state index < -0.39 is 0 Å². The first-order valence-corrected chi connectivity index (χ1v) is 6.90. The van der Waals surface area contributed by atoms with Crippen molar-refractivity contribution in [2.24, 2.45) is 5.10 Å². The summed E-state index contributed by atoms with van der Waals surface area (Å²) in [6.07, 6.45) is 5.24. The maximum absolute atomic E-state index is 13.4. The third kappa shape index (κ3) is 2.84. The summed E-state index contributed by atoms with van der Waals surface area (Å²) in [6.45, 7) is 0. The molecular weight excluding hydrogens is 271 g/mol. The zero-order valence-electron chi connectivity index (χ0n) is 11.4. The van der Waals surface area contributed by atoms with Gasteiger partial charge >= 0.3 is 0 Å². The van der Waals surface area contributed by atoms with Gasteiger partial charge in [0, 0.05) is 16.8 Å². The number of aryl methyl sites for hydroxylation is 1. The van der Waals surface area contributed by atoms with Gasteiger partial charge in [-0.3, -0.25) is 9.89 Å². The molecule has 108 valence electrons. The lowest BCUT2D eigenvalue weighted by Gasteiger charge is -2.10. The highest BCUT2D eigenvalue weighted by molar-refractivity contribution is 5.94. The molecule has 0 spiro atoms. The molecule has 1 aliphatic rings. The summed E-state index contributed by atoms with van der Waals surface area (Å²) in [6, 6.07) is 6.23. The van der Waals surface area contributed by atoms with Crippen molar-refractivity contribution in [3.8, 4) is 0 Å². The average Bonchev–Trinajstić information content (AvgIpc) is 2.93. The van der Waals surface area contributed by atoms with Crippen LogP contribution in [0.15, 0.2) is 29.4 Å². The number of carbonyl (C=O) groups excluding carboxylic acids is 1. The first-order valence-electron chi connectivity index (χ1n) is 6.90. The lowest BCUT2D eigenvalue weighted by Crippen LogP contribution is -2.20. The summed E-state index contributed by atoms with van der Waals surface area (Å²) in [5.74, 6) is -0.755. The molecule has 0 aliphatic heterocycles. The number of hydrazone groups is 1. The van der Waals surface area contributed by atoms with Crippen molar-refractivity contribution in [2.45, 2.75) is 25.7 Å². The Morgan fingerprint density at radius 1 is 1.33 bits per heavy atom. The number of nitrogens with one attached hydrogen (secondary N) is 2. The third-order valence-electron chi connectivity index (χ3n) is 3.55. The molecule has 1 aromatic heterocycles. The van der Waals surface area contributed by atoms with Gasteiger partial charge in [0.1, 0.15) is 5.82 Å². The number of aromatic nitrogens is 2. The zero-order valence-corrected chi connectivity index (χ0v) is 11.4. The van der Waals surface area contributed by atoms with Crippen molar-refractivity contribution in [1.29, 1.82) is 0 Å². The second-order valence-electron chi connectivity index (χ2n) is 4.96. The SMILES string of the molecule is O=C(NN=Cc1ccccc1F)c1n[nH]c2c1CCCC2. The summed E-state index contributed by atoms with van der Waals surface area (Å²) in [4.78, 5) is 12.1. The van der Waals surface area contributed by atoms with Crippen LogP contribution in [0, 0.1) is 5.82 Å². The number of amides is 1. The van der Waals surface area contributed by atoms with Crippen LogP contribution in [-0.4, -0.2) is 22.3 Å². The van der Waals surface area contributed by atoms with E-state index >= 15 is 0 Å². The standard InChI is InChI=1S/C15H15FN4O/c16-12-7-3-1-5-10(12)9-17-20-15(21)14-11-6-2-4-8-13(11)18-19-14/h1,3,5,7,9H,2,4,6,8H2,(H,18,19)(H,20,21). The molecule has 0 saturated heterocycles. The second-order valence-corrected chi connectivity index (χ2v) is 4.96. The Hall–Kier alpha value is -2.50. The van der Waals surface area contributed by atoms with Gasteiger partial charge in [0.15, 0.2) is 5.69 Å². The smallest absolute Gasteiger partial charge is 0.281 e. The summed E-state index contributed by atoms with van der Waals surface area (Å²) >= 11 is 0. The number of rotatable bonds is 3. The highest BCUT2D eigenvalue weighted by atomic mass is 19.1. The van der Waals surface area contributed by atoms with Crippen molar-refractivity contribution in [3.05, 3.63) is 52.6 Å². The van der Waals surface area contributed by atoms with Gasteiger partial charge in [0.25, 0.3) is 5.91 Å². The molecule has 1 aromatic carbocycles. The van der Waals surface area contributed by atoms with Crippen LogP contribution in [0.3, 0.4) is 0 Å². The fourth-order valence-electron chi connectivity index (χ4n) is 2.46. The van der Waals surface area contributed by atoms with E-state index in [-0.39, 0.29) is 11.7 Å². The number of benzene rings is 1. The van der Waals surface area contributed by atoms with Gasteiger partial charge in [-0.25, -0.2) is 9.82 Å². The Morgan fingerprint density at radius 2 is 2.14 bits per heavy atom. The molecule has 2 aromatic rings. The van der Waals surface area contributed by atoms with Crippen molar-refractivity contribution in [3.63, 3.8) is 0 Å². The van der Waals surface area contributed by atoms with E-state index in [1.165, 1.54) is 12.3 Å². The van der Waals surface area contributed by atoms with E-state index in [0.29, 0.717) is 11.3 Å². The largest absolute Gasteiger partial charge is 0.292 e. The molecule has 1 heterocycles. The number of H-pyrrole nitrogens is 1. The lowest BCUT2D eigenvalue weighted by molar-refractivity contribution is 0.0949. The van der Waals surface area contributed by atoms with Crippen molar-refractivity contribution in [2.75, 3.05) is 0 Å². The lowest BCUT2D eigenvalue weighted by atomic mass is 9.96. The molecule has 0 atom stereocenters. The summed E-state index contributed by atoms with van der Waals surface area (Å²) in [5, 5.41) is 10.7. The summed E-state index contributed by atoms with van der Waals surface area (Å²) in [7, 11) is 0. The van der Waals surface area contributed by atoms with Crippen molar-refractivity contribution < 1.29 is 9.18 Å². The highest BCUT2D eigenvalue weighted by Gasteiger charge is 2.21. The minimum atomic E-state index is -0.382. The minimum Gasteiger partial charge on any atom is -0.281 e. The first kappa shape index (κ1) is 13.5. The number of hydrogen-bond donors (Lipinski definition) is 2. The number of nitrogens with zero attached hydrogens (tertiary/aromatic N) is 2. The minimum absolute atomic E-state index is 0.321. The predicted molar refractivity (Wildman–Crippen MR) is 76.7 cm³/mol. The van der Waals surface area contributed by atoms with Crippen LogP contribution >= 0.6 is 0 Å². The van der Waals surface area contributed by atoms with Gasteiger partial charge in [-0.1, -0.05) is 18.2 Å². The van der Waals surface area contributed by atoms with Gasteiger partial charge in [0.2, 0.25) is 0 Å². The van der Waals surface area contributed by atoms with Crippen molar-refractivity contribution >= 4 is 12.1 Å². The molecule has 0 fully saturated rings. The van der Waals surface area contributed by atoms with Gasteiger partial charge in [-0.15, -0.1) is 0 Å². The molecule has 0 radical (unpaired) electrons. The topological polar surface area (TPSA) is 70.1 Å². The van der Waals surface area contributed by atoms with Gasteiger partial charge in [-0.05, 0) is 31.7 Å². The van der Waals surface area contributed by atoms with Crippen LogP contribution in [0.5, 0.6) is 0 Å². The quantitative estimate of drug-likeness (QED) is 0.670. The van der Waals surface area contributed by atoms with Crippen molar-refractivity contribution in [1.82, 2.24) is 15.6 Å². The summed E-state index contributed by atoms with van der Waals surface area (Å²) < 4.78 is 13.4. The predicted octanol–water partition coefficient (Wildman–Crippen LogP) is 2.19. The molecule has 0 unspecified atom stereocenters. The molecule has 0 bridgehead atoms. The molecule has 3 rings (SSSR count).